The molecule has 6 heteroatoms. The lowest BCUT2D eigenvalue weighted by atomic mass is 10.2. The molecule has 0 saturated heterocycles. The molecular weight excluding hydrogens is 348 g/mol. The highest BCUT2D eigenvalue weighted by molar-refractivity contribution is 6.33. The highest BCUT2D eigenvalue weighted by atomic mass is 35.5. The standard InChI is InChI=1S/C20H19ClN4O/c1-25(13-10-15-8-11-22-12-9-15)20(26)19-7-6-16(14-23-19)24-18-5-3-2-4-17(18)21/h2-9,11-12,14,24H,10,13H2,1H3. The molecule has 0 aliphatic carbocycles. The Morgan fingerprint density at radius 3 is 2.58 bits per heavy atom. The molecule has 0 radical (unpaired) electrons. The van der Waals surface area contributed by atoms with Gasteiger partial charge in [0.1, 0.15) is 5.69 Å². The number of carbonyl (C=O) groups excluding carboxylic acids is 1. The molecule has 1 N–H and O–H groups in total. The van der Waals surface area contributed by atoms with E-state index in [4.69, 9.17) is 11.6 Å². The van der Waals surface area contributed by atoms with Gasteiger partial charge in [0, 0.05) is 26.0 Å². The Balaban J connectivity index is 1.60. The molecule has 0 aliphatic rings. The number of rotatable bonds is 6. The number of carbonyl (C=O) groups is 1. The second kappa shape index (κ2) is 8.45. The van der Waals surface area contributed by atoms with Gasteiger partial charge in [0.25, 0.3) is 5.91 Å². The fourth-order valence-electron chi connectivity index (χ4n) is 2.46. The van der Waals surface area contributed by atoms with Crippen LogP contribution in [-0.4, -0.2) is 34.4 Å². The Kier molecular flexibility index (Phi) is 5.81. The van der Waals surface area contributed by atoms with Gasteiger partial charge in [-0.25, -0.2) is 4.98 Å². The van der Waals surface area contributed by atoms with Crippen molar-refractivity contribution in [2.24, 2.45) is 0 Å². The third-order valence-electron chi connectivity index (χ3n) is 3.97. The summed E-state index contributed by atoms with van der Waals surface area (Å²) in [5.41, 5.74) is 3.12. The lowest BCUT2D eigenvalue weighted by Crippen LogP contribution is -2.29. The number of likely N-dealkylation sites (N-methyl/N-ethyl adjacent to an activating group) is 1. The first-order valence-corrected chi connectivity index (χ1v) is 8.63. The summed E-state index contributed by atoms with van der Waals surface area (Å²) in [6, 6.07) is 14.9. The van der Waals surface area contributed by atoms with Crippen LogP contribution >= 0.6 is 11.6 Å². The molecule has 26 heavy (non-hydrogen) atoms. The molecule has 0 aliphatic heterocycles. The number of hydrogen-bond donors (Lipinski definition) is 1. The van der Waals surface area contributed by atoms with Crippen molar-refractivity contribution >= 4 is 28.9 Å². The molecule has 0 spiro atoms. The van der Waals surface area contributed by atoms with Gasteiger partial charge in [-0.1, -0.05) is 23.7 Å². The number of amides is 1. The average Bonchev–Trinajstić information content (AvgIpc) is 2.69. The van der Waals surface area contributed by atoms with Gasteiger partial charge in [-0.05, 0) is 48.4 Å². The van der Waals surface area contributed by atoms with Gasteiger partial charge in [0.2, 0.25) is 0 Å². The van der Waals surface area contributed by atoms with Crippen molar-refractivity contribution in [1.82, 2.24) is 14.9 Å². The van der Waals surface area contributed by atoms with Gasteiger partial charge in [-0.3, -0.25) is 9.78 Å². The van der Waals surface area contributed by atoms with E-state index in [1.807, 2.05) is 42.5 Å². The number of para-hydroxylation sites is 1. The molecule has 3 rings (SSSR count). The third kappa shape index (κ3) is 4.58. The van der Waals surface area contributed by atoms with E-state index in [9.17, 15) is 4.79 Å². The smallest absolute Gasteiger partial charge is 0.272 e. The molecule has 2 heterocycles. The Bertz CT molecular complexity index is 868. The molecule has 1 aromatic carbocycles. The van der Waals surface area contributed by atoms with Crippen LogP contribution in [0.1, 0.15) is 16.1 Å². The first kappa shape index (κ1) is 17.9. The van der Waals surface area contributed by atoms with E-state index >= 15 is 0 Å². The summed E-state index contributed by atoms with van der Waals surface area (Å²) in [5, 5.41) is 3.82. The number of hydrogen-bond acceptors (Lipinski definition) is 4. The summed E-state index contributed by atoms with van der Waals surface area (Å²) in [6.45, 7) is 0.615. The number of benzene rings is 1. The largest absolute Gasteiger partial charge is 0.353 e. The molecule has 0 bridgehead atoms. The number of anilines is 2. The van der Waals surface area contributed by atoms with Crippen molar-refractivity contribution in [3.8, 4) is 0 Å². The van der Waals surface area contributed by atoms with Crippen molar-refractivity contribution in [2.45, 2.75) is 6.42 Å². The Hall–Kier alpha value is -2.92. The molecule has 0 atom stereocenters. The van der Waals surface area contributed by atoms with E-state index in [1.54, 1.807) is 36.6 Å². The van der Waals surface area contributed by atoms with Crippen LogP contribution in [0.2, 0.25) is 5.02 Å². The second-order valence-electron chi connectivity index (χ2n) is 5.87. The maximum Gasteiger partial charge on any atom is 0.272 e. The minimum absolute atomic E-state index is 0.108. The first-order chi connectivity index (χ1) is 12.6. The molecule has 0 saturated carbocycles. The summed E-state index contributed by atoms with van der Waals surface area (Å²) in [4.78, 5) is 22.4. The lowest BCUT2D eigenvalue weighted by molar-refractivity contribution is 0.0791. The van der Waals surface area contributed by atoms with Crippen LogP contribution in [0.5, 0.6) is 0 Å². The zero-order valence-electron chi connectivity index (χ0n) is 14.4. The lowest BCUT2D eigenvalue weighted by Gasteiger charge is -2.17. The molecule has 1 amide bonds. The van der Waals surface area contributed by atoms with Crippen molar-refractivity contribution in [3.63, 3.8) is 0 Å². The van der Waals surface area contributed by atoms with Crippen molar-refractivity contribution < 1.29 is 4.79 Å². The van der Waals surface area contributed by atoms with Gasteiger partial charge in [0.05, 0.1) is 22.6 Å². The normalized spacial score (nSPS) is 10.4. The van der Waals surface area contributed by atoms with E-state index in [-0.39, 0.29) is 5.91 Å². The van der Waals surface area contributed by atoms with Gasteiger partial charge < -0.3 is 10.2 Å². The van der Waals surface area contributed by atoms with Crippen molar-refractivity contribution in [3.05, 3.63) is 83.4 Å². The molecule has 0 unspecified atom stereocenters. The maximum absolute atomic E-state index is 12.5. The summed E-state index contributed by atoms with van der Waals surface area (Å²) in [6.07, 6.45) is 5.91. The van der Waals surface area contributed by atoms with E-state index in [1.165, 1.54) is 0 Å². The second-order valence-corrected chi connectivity index (χ2v) is 6.28. The van der Waals surface area contributed by atoms with Crippen LogP contribution < -0.4 is 5.32 Å². The average molecular weight is 367 g/mol. The highest BCUT2D eigenvalue weighted by Crippen LogP contribution is 2.24. The van der Waals surface area contributed by atoms with Crippen molar-refractivity contribution in [1.29, 1.82) is 0 Å². The van der Waals surface area contributed by atoms with Crippen LogP contribution in [0.25, 0.3) is 0 Å². The van der Waals surface area contributed by atoms with E-state index in [0.717, 1.165) is 23.4 Å². The molecular formula is C20H19ClN4O. The zero-order chi connectivity index (χ0) is 18.4. The molecule has 132 valence electrons. The molecule has 3 aromatic rings. The minimum Gasteiger partial charge on any atom is -0.353 e. The number of pyridine rings is 2. The number of nitrogens with zero attached hydrogens (tertiary/aromatic N) is 3. The Morgan fingerprint density at radius 1 is 1.12 bits per heavy atom. The quantitative estimate of drug-likeness (QED) is 0.710. The topological polar surface area (TPSA) is 58.1 Å². The first-order valence-electron chi connectivity index (χ1n) is 8.25. The number of nitrogens with one attached hydrogen (secondary N) is 1. The van der Waals surface area contributed by atoms with Gasteiger partial charge in [0.15, 0.2) is 0 Å². The monoisotopic (exact) mass is 366 g/mol. The summed E-state index contributed by atoms with van der Waals surface area (Å²) < 4.78 is 0. The van der Waals surface area contributed by atoms with Crippen LogP contribution in [-0.2, 0) is 6.42 Å². The Labute approximate surface area is 157 Å². The van der Waals surface area contributed by atoms with Crippen LogP contribution in [0.3, 0.4) is 0 Å². The van der Waals surface area contributed by atoms with Crippen LogP contribution in [0.4, 0.5) is 11.4 Å². The minimum atomic E-state index is -0.108. The highest BCUT2D eigenvalue weighted by Gasteiger charge is 2.13. The van der Waals surface area contributed by atoms with E-state index < -0.39 is 0 Å². The van der Waals surface area contributed by atoms with Gasteiger partial charge >= 0.3 is 0 Å². The van der Waals surface area contributed by atoms with E-state index in [0.29, 0.717) is 17.3 Å². The SMILES string of the molecule is CN(CCc1ccncc1)C(=O)c1ccc(Nc2ccccc2Cl)cn1. The number of aromatic nitrogens is 2. The fourth-order valence-corrected chi connectivity index (χ4v) is 2.64. The van der Waals surface area contributed by atoms with Crippen LogP contribution in [0.15, 0.2) is 67.1 Å². The molecule has 5 nitrogen and oxygen atoms in total. The third-order valence-corrected chi connectivity index (χ3v) is 4.30. The zero-order valence-corrected chi connectivity index (χ0v) is 15.1. The molecule has 2 aromatic heterocycles. The van der Waals surface area contributed by atoms with Gasteiger partial charge in [-0.2, -0.15) is 0 Å². The molecule has 0 fully saturated rings. The summed E-state index contributed by atoms with van der Waals surface area (Å²) in [7, 11) is 1.78. The maximum atomic E-state index is 12.5. The Morgan fingerprint density at radius 2 is 1.88 bits per heavy atom. The van der Waals surface area contributed by atoms with Crippen molar-refractivity contribution in [2.75, 3.05) is 18.9 Å². The fraction of sp³-hybridized carbons (Fsp3) is 0.150. The predicted molar refractivity (Wildman–Crippen MR) is 104 cm³/mol. The van der Waals surface area contributed by atoms with Gasteiger partial charge in [-0.15, -0.1) is 0 Å². The summed E-state index contributed by atoms with van der Waals surface area (Å²) in [5.74, 6) is -0.108. The summed E-state index contributed by atoms with van der Waals surface area (Å²) >= 11 is 6.14. The predicted octanol–water partition coefficient (Wildman–Crippen LogP) is 4.19. The van der Waals surface area contributed by atoms with Crippen LogP contribution in [0, 0.1) is 0 Å². The van der Waals surface area contributed by atoms with E-state index in [2.05, 4.69) is 15.3 Å². The number of halogens is 1.